The van der Waals surface area contributed by atoms with Gasteiger partial charge in [0.2, 0.25) is 0 Å². The lowest BCUT2D eigenvalue weighted by Gasteiger charge is -2.21. The van der Waals surface area contributed by atoms with Crippen LogP contribution in [0.4, 0.5) is 0 Å². The molecule has 1 saturated carbocycles. The zero-order valence-corrected chi connectivity index (χ0v) is 14.6. The molecule has 2 N–H and O–H groups in total. The minimum absolute atomic E-state index is 0.0386. The van der Waals surface area contributed by atoms with Crippen molar-refractivity contribution in [3.63, 3.8) is 0 Å². The highest BCUT2D eigenvalue weighted by Crippen LogP contribution is 2.37. The molecule has 0 bridgehead atoms. The van der Waals surface area contributed by atoms with E-state index in [0.717, 1.165) is 24.1 Å². The molecule has 1 aromatic carbocycles. The first-order valence-electron chi connectivity index (χ1n) is 8.94. The first kappa shape index (κ1) is 16.4. The Morgan fingerprint density at radius 1 is 1.27 bits per heavy atom. The van der Waals surface area contributed by atoms with E-state index in [2.05, 4.69) is 10.1 Å². The van der Waals surface area contributed by atoms with Crippen LogP contribution in [0.15, 0.2) is 29.1 Å². The Labute approximate surface area is 150 Å². The van der Waals surface area contributed by atoms with Crippen molar-refractivity contribution in [2.45, 2.75) is 44.9 Å². The number of nitrogens with one attached hydrogen (secondary N) is 1. The molecule has 0 atom stereocenters. The number of H-pyrrole nitrogens is 1. The molecular formula is C20H20N4O2. The molecule has 1 fully saturated rings. The fourth-order valence-corrected chi connectivity index (χ4v) is 4.06. The molecule has 1 aliphatic rings. The first-order chi connectivity index (χ1) is 12.6. The molecule has 0 saturated heterocycles. The van der Waals surface area contributed by atoms with E-state index in [1.165, 1.54) is 31.4 Å². The second-order valence-electron chi connectivity index (χ2n) is 6.96. The van der Waals surface area contributed by atoms with Crippen molar-refractivity contribution >= 4 is 5.65 Å². The Morgan fingerprint density at radius 3 is 2.73 bits per heavy atom. The Morgan fingerprint density at radius 2 is 2.04 bits per heavy atom. The smallest absolute Gasteiger partial charge is 0.251 e. The van der Waals surface area contributed by atoms with Crippen molar-refractivity contribution < 1.29 is 5.11 Å². The zero-order valence-electron chi connectivity index (χ0n) is 14.6. The molecule has 0 unspecified atom stereocenters. The van der Waals surface area contributed by atoms with Crippen molar-refractivity contribution in [3.05, 3.63) is 51.4 Å². The van der Waals surface area contributed by atoms with Gasteiger partial charge in [-0.05, 0) is 43.9 Å². The van der Waals surface area contributed by atoms with E-state index >= 15 is 0 Å². The predicted molar refractivity (Wildman–Crippen MR) is 98.2 cm³/mol. The fraction of sp³-hybridized carbons (Fsp3) is 0.350. The normalized spacial score (nSPS) is 15.2. The van der Waals surface area contributed by atoms with Gasteiger partial charge in [-0.3, -0.25) is 4.79 Å². The van der Waals surface area contributed by atoms with Crippen molar-refractivity contribution in [1.29, 1.82) is 5.26 Å². The number of phenols is 1. The van der Waals surface area contributed by atoms with Crippen LogP contribution in [-0.4, -0.2) is 19.7 Å². The lowest BCUT2D eigenvalue weighted by molar-refractivity contribution is 0.444. The highest BCUT2D eigenvalue weighted by Gasteiger charge is 2.24. The molecule has 0 aliphatic heterocycles. The molecule has 3 aromatic rings. The van der Waals surface area contributed by atoms with Gasteiger partial charge in [-0.25, -0.2) is 4.52 Å². The molecule has 2 heterocycles. The van der Waals surface area contributed by atoms with Crippen LogP contribution in [-0.2, 0) is 0 Å². The largest absolute Gasteiger partial charge is 0.507 e. The lowest BCUT2D eigenvalue weighted by atomic mass is 9.84. The molecule has 26 heavy (non-hydrogen) atoms. The molecule has 6 nitrogen and oxygen atoms in total. The molecule has 2 aromatic heterocycles. The second kappa shape index (κ2) is 6.34. The van der Waals surface area contributed by atoms with Crippen LogP contribution in [0.2, 0.25) is 0 Å². The number of nitriles is 1. The molecule has 6 heteroatoms. The minimum atomic E-state index is -0.229. The number of hydrogen-bond donors (Lipinski definition) is 2. The maximum Gasteiger partial charge on any atom is 0.251 e. The number of rotatable bonds is 2. The summed E-state index contributed by atoms with van der Waals surface area (Å²) < 4.78 is 1.71. The van der Waals surface area contributed by atoms with Crippen LogP contribution in [0.25, 0.3) is 16.9 Å². The van der Waals surface area contributed by atoms with Crippen LogP contribution in [0.1, 0.15) is 54.8 Å². The Hall–Kier alpha value is -3.07. The quantitative estimate of drug-likeness (QED) is 0.739. The molecule has 0 radical (unpaired) electrons. The van der Waals surface area contributed by atoms with Gasteiger partial charge in [-0.1, -0.05) is 19.3 Å². The third-order valence-corrected chi connectivity index (χ3v) is 5.26. The summed E-state index contributed by atoms with van der Waals surface area (Å²) in [6, 6.07) is 8.12. The number of aromatic nitrogens is 3. The average Bonchev–Trinajstić information content (AvgIpc) is 2.97. The molecule has 0 spiro atoms. The van der Waals surface area contributed by atoms with E-state index in [4.69, 9.17) is 5.26 Å². The van der Waals surface area contributed by atoms with E-state index in [9.17, 15) is 9.90 Å². The Kier molecular flexibility index (Phi) is 4.00. The van der Waals surface area contributed by atoms with Gasteiger partial charge in [0.1, 0.15) is 11.4 Å². The van der Waals surface area contributed by atoms with Crippen molar-refractivity contribution in [2.75, 3.05) is 0 Å². The summed E-state index contributed by atoms with van der Waals surface area (Å²) in [5, 5.41) is 24.0. The van der Waals surface area contributed by atoms with E-state index in [-0.39, 0.29) is 11.3 Å². The van der Waals surface area contributed by atoms with Gasteiger partial charge in [0, 0.05) is 17.2 Å². The summed E-state index contributed by atoms with van der Waals surface area (Å²) in [4.78, 5) is 15.3. The third-order valence-electron chi connectivity index (χ3n) is 5.26. The van der Waals surface area contributed by atoms with Gasteiger partial charge in [-0.15, -0.1) is 0 Å². The highest BCUT2D eigenvalue weighted by molar-refractivity contribution is 5.71. The summed E-state index contributed by atoms with van der Waals surface area (Å²) in [6.07, 6.45) is 5.87. The summed E-state index contributed by atoms with van der Waals surface area (Å²) in [5.41, 5.74) is 3.87. The van der Waals surface area contributed by atoms with Crippen molar-refractivity contribution in [3.8, 4) is 23.1 Å². The highest BCUT2D eigenvalue weighted by atomic mass is 16.3. The fourth-order valence-electron chi connectivity index (χ4n) is 4.06. The van der Waals surface area contributed by atoms with Crippen molar-refractivity contribution in [1.82, 2.24) is 14.6 Å². The number of nitrogens with zero attached hydrogens (tertiary/aromatic N) is 3. The minimum Gasteiger partial charge on any atom is -0.507 e. The van der Waals surface area contributed by atoms with Gasteiger partial charge in [0.05, 0.1) is 23.0 Å². The monoisotopic (exact) mass is 348 g/mol. The van der Waals surface area contributed by atoms with Crippen LogP contribution >= 0.6 is 0 Å². The topological polar surface area (TPSA) is 94.2 Å². The van der Waals surface area contributed by atoms with Crippen LogP contribution in [0.5, 0.6) is 5.75 Å². The first-order valence-corrected chi connectivity index (χ1v) is 8.94. The number of hydrogen-bond acceptors (Lipinski definition) is 4. The number of fused-ring (bicyclic) bond motifs is 1. The van der Waals surface area contributed by atoms with Crippen LogP contribution < -0.4 is 5.56 Å². The maximum absolute atomic E-state index is 12.3. The van der Waals surface area contributed by atoms with Gasteiger partial charge in [0.15, 0.2) is 0 Å². The number of aromatic hydroxyl groups is 1. The lowest BCUT2D eigenvalue weighted by Crippen LogP contribution is -2.12. The van der Waals surface area contributed by atoms with Crippen LogP contribution in [0, 0.1) is 18.3 Å². The van der Waals surface area contributed by atoms with Crippen LogP contribution in [0.3, 0.4) is 0 Å². The summed E-state index contributed by atoms with van der Waals surface area (Å²) in [7, 11) is 0. The van der Waals surface area contributed by atoms with E-state index < -0.39 is 0 Å². The van der Waals surface area contributed by atoms with Crippen molar-refractivity contribution in [2.24, 2.45) is 0 Å². The number of benzene rings is 1. The number of phenolic OH excluding ortho intramolecular Hbond substituents is 1. The molecule has 4 rings (SSSR count). The van der Waals surface area contributed by atoms with Gasteiger partial charge in [-0.2, -0.15) is 10.4 Å². The summed E-state index contributed by atoms with van der Waals surface area (Å²) in [6.45, 7) is 1.97. The standard InChI is InChI=1S/C20H20N4O2/c1-12-19(14-5-3-2-4-6-14)20-22-18(26)10-16(24(20)23-12)15-8-7-13(11-21)9-17(15)25/h7-10,14,25H,2-6H2,1H3,(H,22,26). The third kappa shape index (κ3) is 2.66. The predicted octanol–water partition coefficient (Wildman–Crippen LogP) is 3.62. The van der Waals surface area contributed by atoms with E-state index in [1.807, 2.05) is 13.0 Å². The SMILES string of the molecule is Cc1nn2c(-c3ccc(C#N)cc3O)cc(=O)[nH]c2c1C1CCCCC1. The molecular weight excluding hydrogens is 328 g/mol. The van der Waals surface area contributed by atoms with E-state index in [0.29, 0.717) is 28.4 Å². The second-order valence-corrected chi connectivity index (χ2v) is 6.96. The summed E-state index contributed by atoms with van der Waals surface area (Å²) >= 11 is 0. The molecule has 0 amide bonds. The Balaban J connectivity index is 1.95. The molecule has 132 valence electrons. The van der Waals surface area contributed by atoms with Gasteiger partial charge in [0.25, 0.3) is 5.56 Å². The average molecular weight is 348 g/mol. The van der Waals surface area contributed by atoms with Gasteiger partial charge >= 0.3 is 0 Å². The number of aromatic amines is 1. The van der Waals surface area contributed by atoms with E-state index in [1.54, 1.807) is 16.6 Å². The Bertz CT molecular complexity index is 1080. The van der Waals surface area contributed by atoms with Gasteiger partial charge < -0.3 is 10.1 Å². The zero-order chi connectivity index (χ0) is 18.3. The maximum atomic E-state index is 12.3. The number of aryl methyl sites for hydroxylation is 1. The summed E-state index contributed by atoms with van der Waals surface area (Å²) in [5.74, 6) is 0.366. The molecule has 1 aliphatic carbocycles.